The molecule has 0 bridgehead atoms. The number of nitrogens with zero attached hydrogens (tertiary/aromatic N) is 1. The number of hydrogen-bond donors (Lipinski definition) is 1. The quantitative estimate of drug-likeness (QED) is 0.560. The number of para-hydroxylation sites is 1. The Morgan fingerprint density at radius 2 is 1.85 bits per heavy atom. The molecule has 0 atom stereocenters. The second kappa shape index (κ2) is 6.17. The third-order valence-electron chi connectivity index (χ3n) is 6.30. The van der Waals surface area contributed by atoms with Gasteiger partial charge in [-0.05, 0) is 67.4 Å². The molecule has 0 saturated heterocycles. The topological polar surface area (TPSA) is 37.8 Å². The summed E-state index contributed by atoms with van der Waals surface area (Å²) in [5, 5.41) is 0.869. The van der Waals surface area contributed by atoms with E-state index in [0.29, 0.717) is 10.2 Å². The van der Waals surface area contributed by atoms with E-state index in [0.717, 1.165) is 28.7 Å². The predicted molar refractivity (Wildman–Crippen MR) is 110 cm³/mol. The lowest BCUT2D eigenvalue weighted by Gasteiger charge is -2.40. The predicted octanol–water partition coefficient (Wildman–Crippen LogP) is 5.55. The molecule has 2 aromatic heterocycles. The van der Waals surface area contributed by atoms with Gasteiger partial charge < -0.3 is 4.98 Å². The van der Waals surface area contributed by atoms with Gasteiger partial charge in [0, 0.05) is 4.88 Å². The number of aromatic nitrogens is 2. The van der Waals surface area contributed by atoms with Crippen molar-refractivity contribution in [2.45, 2.75) is 51.4 Å². The number of aromatic amines is 1. The van der Waals surface area contributed by atoms with Crippen LogP contribution in [0.1, 0.15) is 49.0 Å². The Labute approximate surface area is 161 Å². The number of rotatable bonds is 1. The number of aryl methyl sites for hydroxylation is 1. The maximum Gasteiger partial charge on any atom is 0.267 e. The first-order chi connectivity index (χ1) is 12.7. The van der Waals surface area contributed by atoms with Crippen LogP contribution in [-0.2, 0) is 12.8 Å². The van der Waals surface area contributed by atoms with Gasteiger partial charge in [0.25, 0.3) is 5.56 Å². The first kappa shape index (κ1) is 16.5. The maximum atomic E-state index is 13.3. The number of nitrogens with one attached hydrogen (secondary N) is 1. The molecule has 1 N–H and O–H groups in total. The van der Waals surface area contributed by atoms with E-state index in [1.165, 1.54) is 49.0 Å². The monoisotopic (exact) mass is 382 g/mol. The van der Waals surface area contributed by atoms with E-state index in [4.69, 9.17) is 12.2 Å². The van der Waals surface area contributed by atoms with Gasteiger partial charge in [-0.3, -0.25) is 9.36 Å². The summed E-state index contributed by atoms with van der Waals surface area (Å²) in [6, 6.07) is 9.71. The highest BCUT2D eigenvalue weighted by Gasteiger charge is 2.37. The minimum atomic E-state index is 0.0343. The summed E-state index contributed by atoms with van der Waals surface area (Å²) in [5.41, 5.74) is 2.64. The molecule has 0 radical (unpaired) electrons. The third kappa shape index (κ3) is 2.52. The Bertz CT molecular complexity index is 1080. The van der Waals surface area contributed by atoms with E-state index in [9.17, 15) is 4.79 Å². The molecular formula is C21H22N2OS2. The summed E-state index contributed by atoms with van der Waals surface area (Å²) < 4.78 is 2.13. The van der Waals surface area contributed by atoms with Gasteiger partial charge in [-0.2, -0.15) is 0 Å². The molecule has 1 fully saturated rings. The van der Waals surface area contributed by atoms with E-state index in [1.807, 2.05) is 30.3 Å². The van der Waals surface area contributed by atoms with Crippen LogP contribution in [0.4, 0.5) is 0 Å². The standard InChI is InChI=1S/C21H22N2OS2/c24-19-17-15-9-12-21(10-5-2-6-11-21)13-16(15)26-18(17)22-20(25)23(19)14-7-3-1-4-8-14/h1,3-4,7-8H,2,5-6,9-13H2,(H,22,25). The zero-order valence-electron chi connectivity index (χ0n) is 14.7. The number of hydrogen-bond acceptors (Lipinski definition) is 3. The third-order valence-corrected chi connectivity index (χ3v) is 7.73. The second-order valence-corrected chi connectivity index (χ2v) is 9.34. The van der Waals surface area contributed by atoms with Crippen molar-refractivity contribution in [2.75, 3.05) is 0 Å². The fourth-order valence-electron chi connectivity index (χ4n) is 4.95. The van der Waals surface area contributed by atoms with Crippen molar-refractivity contribution in [1.82, 2.24) is 9.55 Å². The van der Waals surface area contributed by atoms with E-state index in [1.54, 1.807) is 15.9 Å². The molecule has 134 valence electrons. The Kier molecular flexibility index (Phi) is 3.90. The van der Waals surface area contributed by atoms with Gasteiger partial charge >= 0.3 is 0 Å². The lowest BCUT2D eigenvalue weighted by Crippen LogP contribution is -2.31. The molecular weight excluding hydrogens is 360 g/mol. The normalized spacial score (nSPS) is 18.9. The molecule has 26 heavy (non-hydrogen) atoms. The van der Waals surface area contributed by atoms with Gasteiger partial charge in [0.1, 0.15) is 4.83 Å². The molecule has 2 heterocycles. The number of thiophene rings is 1. The molecule has 1 spiro atoms. The molecule has 0 aliphatic heterocycles. The molecule has 1 saturated carbocycles. The van der Waals surface area contributed by atoms with Gasteiger partial charge in [0.2, 0.25) is 0 Å². The highest BCUT2D eigenvalue weighted by Crippen LogP contribution is 2.49. The SMILES string of the molecule is O=c1c2c3c(sc2[nH]c(=S)n1-c1ccccc1)CC1(CCCCC1)CC3. The lowest BCUT2D eigenvalue weighted by atomic mass is 9.65. The molecule has 3 aromatic rings. The van der Waals surface area contributed by atoms with Gasteiger partial charge in [-0.15, -0.1) is 11.3 Å². The number of H-pyrrole nitrogens is 1. The molecule has 5 heteroatoms. The van der Waals surface area contributed by atoms with Crippen molar-refractivity contribution in [3.63, 3.8) is 0 Å². The summed E-state index contributed by atoms with van der Waals surface area (Å²) in [6.07, 6.45) is 10.2. The second-order valence-electron chi connectivity index (χ2n) is 7.85. The highest BCUT2D eigenvalue weighted by atomic mass is 32.1. The molecule has 0 amide bonds. The van der Waals surface area contributed by atoms with Crippen molar-refractivity contribution in [3.05, 3.63) is 55.9 Å². The van der Waals surface area contributed by atoms with Crippen molar-refractivity contribution in [1.29, 1.82) is 0 Å². The fourth-order valence-corrected chi connectivity index (χ4v) is 6.72. The Hall–Kier alpha value is -1.72. The molecule has 2 aliphatic rings. The van der Waals surface area contributed by atoms with Crippen molar-refractivity contribution in [2.24, 2.45) is 5.41 Å². The number of benzene rings is 1. The van der Waals surface area contributed by atoms with E-state index >= 15 is 0 Å². The van der Waals surface area contributed by atoms with Crippen LogP contribution >= 0.6 is 23.6 Å². The van der Waals surface area contributed by atoms with E-state index in [-0.39, 0.29) is 5.56 Å². The minimum absolute atomic E-state index is 0.0343. The molecule has 1 aromatic carbocycles. The van der Waals surface area contributed by atoms with Crippen molar-refractivity contribution >= 4 is 33.8 Å². The molecule has 0 unspecified atom stereocenters. The van der Waals surface area contributed by atoms with Crippen LogP contribution in [0.3, 0.4) is 0 Å². The van der Waals surface area contributed by atoms with Gasteiger partial charge in [-0.25, -0.2) is 0 Å². The molecule has 3 nitrogen and oxygen atoms in total. The van der Waals surface area contributed by atoms with Crippen LogP contribution in [-0.4, -0.2) is 9.55 Å². The highest BCUT2D eigenvalue weighted by molar-refractivity contribution is 7.71. The van der Waals surface area contributed by atoms with Crippen LogP contribution in [0.15, 0.2) is 35.1 Å². The lowest BCUT2D eigenvalue weighted by molar-refractivity contribution is 0.164. The van der Waals surface area contributed by atoms with Crippen LogP contribution in [0.2, 0.25) is 0 Å². The van der Waals surface area contributed by atoms with E-state index in [2.05, 4.69) is 4.98 Å². The summed E-state index contributed by atoms with van der Waals surface area (Å²) in [4.78, 5) is 19.1. The average Bonchev–Trinajstić information content (AvgIpc) is 3.00. The van der Waals surface area contributed by atoms with Crippen molar-refractivity contribution < 1.29 is 0 Å². The minimum Gasteiger partial charge on any atom is -0.323 e. The van der Waals surface area contributed by atoms with Crippen LogP contribution in [0, 0.1) is 10.2 Å². The molecule has 2 aliphatic carbocycles. The summed E-state index contributed by atoms with van der Waals surface area (Å²) in [6.45, 7) is 0. The summed E-state index contributed by atoms with van der Waals surface area (Å²) >= 11 is 7.29. The Morgan fingerprint density at radius 1 is 1.08 bits per heavy atom. The van der Waals surface area contributed by atoms with Gasteiger partial charge in [0.05, 0.1) is 11.1 Å². The fraction of sp³-hybridized carbons (Fsp3) is 0.429. The zero-order chi connectivity index (χ0) is 17.7. The average molecular weight is 383 g/mol. The zero-order valence-corrected chi connectivity index (χ0v) is 16.3. The Morgan fingerprint density at radius 3 is 2.62 bits per heavy atom. The summed E-state index contributed by atoms with van der Waals surface area (Å²) in [7, 11) is 0. The van der Waals surface area contributed by atoms with Crippen LogP contribution in [0.25, 0.3) is 15.9 Å². The maximum absolute atomic E-state index is 13.3. The molecule has 5 rings (SSSR count). The number of fused-ring (bicyclic) bond motifs is 3. The van der Waals surface area contributed by atoms with E-state index < -0.39 is 0 Å². The smallest absolute Gasteiger partial charge is 0.267 e. The van der Waals surface area contributed by atoms with Crippen LogP contribution in [0.5, 0.6) is 0 Å². The summed E-state index contributed by atoms with van der Waals surface area (Å²) in [5.74, 6) is 0. The Balaban J connectivity index is 1.68. The largest absolute Gasteiger partial charge is 0.323 e. The van der Waals surface area contributed by atoms with Gasteiger partial charge in [0.15, 0.2) is 4.77 Å². The van der Waals surface area contributed by atoms with Gasteiger partial charge in [-0.1, -0.05) is 37.5 Å². The van der Waals surface area contributed by atoms with Crippen LogP contribution < -0.4 is 5.56 Å². The first-order valence-corrected chi connectivity index (χ1v) is 10.7. The first-order valence-electron chi connectivity index (χ1n) is 9.52. The van der Waals surface area contributed by atoms with Crippen molar-refractivity contribution in [3.8, 4) is 5.69 Å².